The zero-order valence-corrected chi connectivity index (χ0v) is 10.4. The maximum atomic E-state index is 10.5. The van der Waals surface area contributed by atoms with E-state index in [1.165, 1.54) is 6.33 Å². The molecular formula is C12H9ClN4O2. The largest absolute Gasteiger partial charge is 0.463 e. The third-order valence-electron chi connectivity index (χ3n) is 2.27. The first-order valence-corrected chi connectivity index (χ1v) is 5.59. The van der Waals surface area contributed by atoms with Crippen molar-refractivity contribution in [3.8, 4) is 11.3 Å². The van der Waals surface area contributed by atoms with Gasteiger partial charge in [-0.2, -0.15) is 4.99 Å². The summed E-state index contributed by atoms with van der Waals surface area (Å²) in [7, 11) is 0. The van der Waals surface area contributed by atoms with Gasteiger partial charge >= 0.3 is 6.09 Å². The number of amides is 1. The van der Waals surface area contributed by atoms with Crippen LogP contribution >= 0.6 is 11.6 Å². The van der Waals surface area contributed by atoms with Crippen molar-refractivity contribution in [2.24, 2.45) is 10.7 Å². The minimum Gasteiger partial charge on any atom is -0.463 e. The molecule has 0 fully saturated rings. The Hall–Kier alpha value is -2.47. The Balaban J connectivity index is 2.42. The molecular weight excluding hydrogens is 268 g/mol. The van der Waals surface area contributed by atoms with Gasteiger partial charge in [-0.25, -0.2) is 14.8 Å². The number of hydrogen-bond acceptors (Lipinski definition) is 3. The molecule has 0 saturated heterocycles. The lowest BCUT2D eigenvalue weighted by molar-refractivity contribution is 0.205. The first-order chi connectivity index (χ1) is 9.06. The molecule has 7 heteroatoms. The average molecular weight is 277 g/mol. The van der Waals surface area contributed by atoms with Crippen molar-refractivity contribution in [3.05, 3.63) is 47.4 Å². The van der Waals surface area contributed by atoms with Crippen molar-refractivity contribution in [2.75, 3.05) is 0 Å². The molecule has 0 aliphatic rings. The van der Waals surface area contributed by atoms with Gasteiger partial charge in [0.05, 0.1) is 5.69 Å². The van der Waals surface area contributed by atoms with E-state index in [1.54, 1.807) is 24.3 Å². The summed E-state index contributed by atoms with van der Waals surface area (Å²) < 4.78 is 0. The van der Waals surface area contributed by atoms with Crippen LogP contribution in [0.2, 0.25) is 5.02 Å². The van der Waals surface area contributed by atoms with Crippen LogP contribution < -0.4 is 5.73 Å². The predicted octanol–water partition coefficient (Wildman–Crippen LogP) is 2.18. The normalized spacial score (nSPS) is 11.3. The van der Waals surface area contributed by atoms with Gasteiger partial charge in [-0.1, -0.05) is 23.7 Å². The van der Waals surface area contributed by atoms with Gasteiger partial charge in [0.25, 0.3) is 0 Å². The van der Waals surface area contributed by atoms with Crippen LogP contribution in [0.5, 0.6) is 0 Å². The Morgan fingerprint density at radius 3 is 2.79 bits per heavy atom. The summed E-state index contributed by atoms with van der Waals surface area (Å²) in [4.78, 5) is 21.6. The van der Waals surface area contributed by atoms with Crippen LogP contribution in [0.1, 0.15) is 5.69 Å². The molecule has 1 amide bonds. The first kappa shape index (κ1) is 13.0. The zero-order chi connectivity index (χ0) is 13.8. The highest BCUT2D eigenvalue weighted by molar-refractivity contribution is 6.30. The standard InChI is InChI=1S/C12H9ClN4O2/c13-8-3-1-2-7(4-8)9-5-10(16-6-15-9)11(14)17-12(18)19/h1-6H,(H2,14,17)(H,18,19). The van der Waals surface area contributed by atoms with Gasteiger partial charge in [-0.15, -0.1) is 0 Å². The van der Waals surface area contributed by atoms with Crippen LogP contribution in [-0.4, -0.2) is 27.0 Å². The van der Waals surface area contributed by atoms with Gasteiger partial charge in [0.1, 0.15) is 12.0 Å². The summed E-state index contributed by atoms with van der Waals surface area (Å²) in [5.74, 6) is -0.182. The topological polar surface area (TPSA) is 101 Å². The molecule has 2 aromatic rings. The van der Waals surface area contributed by atoms with Crippen molar-refractivity contribution >= 4 is 23.5 Å². The quantitative estimate of drug-likeness (QED) is 0.646. The fourth-order valence-electron chi connectivity index (χ4n) is 1.46. The van der Waals surface area contributed by atoms with E-state index in [4.69, 9.17) is 22.4 Å². The molecule has 3 N–H and O–H groups in total. The van der Waals surface area contributed by atoms with Crippen LogP contribution in [0, 0.1) is 0 Å². The molecule has 0 bridgehead atoms. The minimum absolute atomic E-state index is 0.182. The van der Waals surface area contributed by atoms with E-state index < -0.39 is 6.09 Å². The van der Waals surface area contributed by atoms with Crippen LogP contribution in [-0.2, 0) is 0 Å². The summed E-state index contributed by atoms with van der Waals surface area (Å²) in [6.07, 6.45) is -0.0871. The van der Waals surface area contributed by atoms with E-state index in [2.05, 4.69) is 15.0 Å². The second-order valence-corrected chi connectivity index (χ2v) is 4.01. The Labute approximate surface area is 113 Å². The maximum Gasteiger partial charge on any atom is 0.433 e. The third-order valence-corrected chi connectivity index (χ3v) is 2.50. The highest BCUT2D eigenvalue weighted by Crippen LogP contribution is 2.20. The lowest BCUT2D eigenvalue weighted by Crippen LogP contribution is -2.17. The Morgan fingerprint density at radius 2 is 2.11 bits per heavy atom. The Kier molecular flexibility index (Phi) is 3.72. The number of aliphatic imine (C=N–C) groups is 1. The highest BCUT2D eigenvalue weighted by Gasteiger charge is 2.07. The summed E-state index contributed by atoms with van der Waals surface area (Å²) in [5, 5.41) is 9.11. The van der Waals surface area contributed by atoms with E-state index >= 15 is 0 Å². The molecule has 1 heterocycles. The molecule has 0 spiro atoms. The van der Waals surface area contributed by atoms with Gasteiger partial charge < -0.3 is 10.8 Å². The van der Waals surface area contributed by atoms with E-state index in [1.807, 2.05) is 6.07 Å². The van der Waals surface area contributed by atoms with Crippen LogP contribution in [0.15, 0.2) is 41.7 Å². The van der Waals surface area contributed by atoms with Gasteiger partial charge in [-0.3, -0.25) is 0 Å². The molecule has 19 heavy (non-hydrogen) atoms. The second-order valence-electron chi connectivity index (χ2n) is 3.58. The molecule has 0 radical (unpaired) electrons. The molecule has 0 aliphatic heterocycles. The summed E-state index contributed by atoms with van der Waals surface area (Å²) >= 11 is 5.90. The molecule has 1 aromatic carbocycles. The van der Waals surface area contributed by atoms with Gasteiger partial charge in [-0.05, 0) is 18.2 Å². The van der Waals surface area contributed by atoms with Gasteiger partial charge in [0.15, 0.2) is 5.84 Å². The van der Waals surface area contributed by atoms with Crippen LogP contribution in [0.25, 0.3) is 11.3 Å². The molecule has 2 rings (SSSR count). The minimum atomic E-state index is -1.37. The number of benzene rings is 1. The predicted molar refractivity (Wildman–Crippen MR) is 71.2 cm³/mol. The Morgan fingerprint density at radius 1 is 1.32 bits per heavy atom. The lowest BCUT2D eigenvalue weighted by atomic mass is 10.1. The maximum absolute atomic E-state index is 10.5. The van der Waals surface area contributed by atoms with Crippen LogP contribution in [0.3, 0.4) is 0 Å². The van der Waals surface area contributed by atoms with Crippen molar-refractivity contribution < 1.29 is 9.90 Å². The fraction of sp³-hybridized carbons (Fsp3) is 0. The van der Waals surface area contributed by atoms with Crippen molar-refractivity contribution in [3.63, 3.8) is 0 Å². The number of aromatic nitrogens is 2. The van der Waals surface area contributed by atoms with E-state index in [-0.39, 0.29) is 11.5 Å². The smallest absolute Gasteiger partial charge is 0.433 e. The van der Waals surface area contributed by atoms with E-state index in [9.17, 15) is 4.79 Å². The zero-order valence-electron chi connectivity index (χ0n) is 9.62. The van der Waals surface area contributed by atoms with Gasteiger partial charge in [0.2, 0.25) is 0 Å². The molecule has 0 aliphatic carbocycles. The highest BCUT2D eigenvalue weighted by atomic mass is 35.5. The SMILES string of the molecule is NC(=NC(=O)O)c1cc(-c2cccc(Cl)c2)ncn1. The number of halogens is 1. The van der Waals surface area contributed by atoms with Crippen LogP contribution in [0.4, 0.5) is 4.79 Å². The average Bonchev–Trinajstić information content (AvgIpc) is 2.38. The third kappa shape index (κ3) is 3.26. The van der Waals surface area contributed by atoms with Crippen molar-refractivity contribution in [1.29, 1.82) is 0 Å². The van der Waals surface area contributed by atoms with E-state index in [0.717, 1.165) is 5.56 Å². The Bertz CT molecular complexity index is 658. The summed E-state index contributed by atoms with van der Waals surface area (Å²) in [6.45, 7) is 0. The molecule has 0 unspecified atom stereocenters. The lowest BCUT2D eigenvalue weighted by Gasteiger charge is -2.03. The second kappa shape index (κ2) is 5.45. The summed E-state index contributed by atoms with van der Waals surface area (Å²) in [5.41, 5.74) is 7.13. The van der Waals surface area contributed by atoms with E-state index in [0.29, 0.717) is 10.7 Å². The molecule has 0 atom stereocenters. The fourth-order valence-corrected chi connectivity index (χ4v) is 1.65. The molecule has 1 aromatic heterocycles. The number of hydrogen-bond donors (Lipinski definition) is 2. The first-order valence-electron chi connectivity index (χ1n) is 5.21. The summed E-state index contributed by atoms with van der Waals surface area (Å²) in [6, 6.07) is 8.63. The molecule has 6 nitrogen and oxygen atoms in total. The number of amidine groups is 1. The number of carboxylic acid groups (broad SMARTS) is 1. The van der Waals surface area contributed by atoms with Crippen molar-refractivity contribution in [2.45, 2.75) is 0 Å². The number of carbonyl (C=O) groups is 1. The van der Waals surface area contributed by atoms with Crippen molar-refractivity contribution in [1.82, 2.24) is 9.97 Å². The monoisotopic (exact) mass is 276 g/mol. The number of rotatable bonds is 2. The number of nitrogens with two attached hydrogens (primary N) is 1. The molecule has 96 valence electrons. The number of nitrogens with zero attached hydrogens (tertiary/aromatic N) is 3. The van der Waals surface area contributed by atoms with Gasteiger partial charge in [0, 0.05) is 10.6 Å². The molecule has 0 saturated carbocycles.